The van der Waals surface area contributed by atoms with Crippen LogP contribution >= 0.6 is 11.3 Å². The second-order valence-corrected chi connectivity index (χ2v) is 6.63. The van der Waals surface area contributed by atoms with Crippen LogP contribution in [0.25, 0.3) is 0 Å². The van der Waals surface area contributed by atoms with Crippen LogP contribution in [0.1, 0.15) is 22.7 Å². The Labute approximate surface area is 166 Å². The summed E-state index contributed by atoms with van der Waals surface area (Å²) in [5.74, 6) is 0.714. The van der Waals surface area contributed by atoms with Crippen LogP contribution in [-0.4, -0.2) is 36.1 Å². The second-order valence-electron chi connectivity index (χ2n) is 5.69. The van der Waals surface area contributed by atoms with Gasteiger partial charge in [-0.15, -0.1) is 11.3 Å². The molecule has 2 heterocycles. The maximum atomic E-state index is 12.5. The number of aromatic nitrogens is 2. The molecule has 0 saturated heterocycles. The highest BCUT2D eigenvalue weighted by molar-refractivity contribution is 7.09. The number of halogens is 6. The number of alkyl halides is 6. The van der Waals surface area contributed by atoms with Gasteiger partial charge in [0.25, 0.3) is 0 Å². The van der Waals surface area contributed by atoms with Crippen LogP contribution in [0.5, 0.6) is 0 Å². The summed E-state index contributed by atoms with van der Waals surface area (Å²) in [7, 11) is 1.52. The topological polar surface area (TPSA) is 74.2 Å². The first-order chi connectivity index (χ1) is 13.6. The molecule has 0 atom stereocenters. The van der Waals surface area contributed by atoms with E-state index in [9.17, 15) is 26.3 Å². The summed E-state index contributed by atoms with van der Waals surface area (Å²) in [6.45, 7) is 1.01. The van der Waals surface area contributed by atoms with E-state index in [-0.39, 0.29) is 11.6 Å². The lowest BCUT2D eigenvalue weighted by Crippen LogP contribution is -2.37. The first kappa shape index (κ1) is 22.7. The van der Waals surface area contributed by atoms with Crippen molar-refractivity contribution < 1.29 is 26.3 Å². The van der Waals surface area contributed by atoms with Crippen LogP contribution in [0.2, 0.25) is 0 Å². The van der Waals surface area contributed by atoms with Crippen molar-refractivity contribution in [2.24, 2.45) is 4.99 Å². The van der Waals surface area contributed by atoms with Gasteiger partial charge in [-0.25, -0.2) is 9.97 Å². The van der Waals surface area contributed by atoms with E-state index in [1.165, 1.54) is 13.1 Å². The summed E-state index contributed by atoms with van der Waals surface area (Å²) in [6, 6.07) is 2.20. The Morgan fingerprint density at radius 2 is 1.83 bits per heavy atom. The lowest BCUT2D eigenvalue weighted by molar-refractivity contribution is -0.141. The van der Waals surface area contributed by atoms with Crippen LogP contribution in [-0.2, 0) is 18.9 Å². The number of guanidine groups is 1. The van der Waals surface area contributed by atoms with Crippen LogP contribution in [0.4, 0.5) is 32.2 Å². The molecule has 6 nitrogen and oxygen atoms in total. The maximum Gasteiger partial charge on any atom is 0.434 e. The zero-order chi connectivity index (χ0) is 21.5. The minimum atomic E-state index is -4.47. The number of aliphatic imine (C=N–C) groups is 1. The molecule has 0 radical (unpaired) electrons. The molecule has 0 amide bonds. The van der Waals surface area contributed by atoms with E-state index in [0.29, 0.717) is 31.3 Å². The smallest absolute Gasteiger partial charge is 0.370 e. The first-order valence-corrected chi connectivity index (χ1v) is 9.21. The first-order valence-electron chi connectivity index (χ1n) is 8.33. The van der Waals surface area contributed by atoms with Crippen LogP contribution in [0, 0.1) is 0 Å². The van der Waals surface area contributed by atoms with E-state index < -0.39 is 23.6 Å². The van der Waals surface area contributed by atoms with Gasteiger partial charge in [-0.2, -0.15) is 26.3 Å². The van der Waals surface area contributed by atoms with Crippen molar-refractivity contribution in [2.45, 2.75) is 25.3 Å². The van der Waals surface area contributed by atoms with Gasteiger partial charge >= 0.3 is 12.4 Å². The Hall–Kier alpha value is -2.57. The number of anilines is 1. The molecule has 2 aromatic heterocycles. The Balaban J connectivity index is 1.67. The quantitative estimate of drug-likeness (QED) is 0.265. The lowest BCUT2D eigenvalue weighted by Gasteiger charge is -2.12. The van der Waals surface area contributed by atoms with Gasteiger partial charge in [-0.05, 0) is 18.6 Å². The minimum Gasteiger partial charge on any atom is -0.370 e. The van der Waals surface area contributed by atoms with Crippen molar-refractivity contribution in [3.63, 3.8) is 0 Å². The van der Waals surface area contributed by atoms with E-state index in [4.69, 9.17) is 0 Å². The van der Waals surface area contributed by atoms with Gasteiger partial charge in [-0.1, -0.05) is 0 Å². The van der Waals surface area contributed by atoms with Gasteiger partial charge < -0.3 is 16.0 Å². The van der Waals surface area contributed by atoms with Gasteiger partial charge in [-0.3, -0.25) is 4.99 Å². The third-order valence-electron chi connectivity index (χ3n) is 3.52. The lowest BCUT2D eigenvalue weighted by atomic mass is 10.3. The monoisotopic (exact) mass is 440 g/mol. The highest BCUT2D eigenvalue weighted by Crippen LogP contribution is 2.30. The van der Waals surface area contributed by atoms with E-state index in [1.807, 2.05) is 0 Å². The summed E-state index contributed by atoms with van der Waals surface area (Å²) in [5, 5.41) is 9.96. The van der Waals surface area contributed by atoms with Crippen molar-refractivity contribution in [3.05, 3.63) is 40.0 Å². The number of thiazole rings is 1. The SMILES string of the molecule is CN=C(NCCCNc1ccc(C(F)(F)F)cn1)NCc1nc(C(F)(F)F)cs1. The third-order valence-corrected chi connectivity index (χ3v) is 4.36. The summed E-state index contributed by atoms with van der Waals surface area (Å²) in [5.41, 5.74) is -1.74. The van der Waals surface area contributed by atoms with Gasteiger partial charge in [0, 0.05) is 31.7 Å². The standard InChI is InChI=1S/C16H18F6N6S/c1-23-14(27-8-13-28-11(9-29-13)16(20,21)22)25-6-2-5-24-12-4-3-10(7-26-12)15(17,18)19/h3-4,7,9H,2,5-6,8H2,1H3,(H,24,26)(H2,23,25,27). The predicted molar refractivity (Wildman–Crippen MR) is 97.7 cm³/mol. The molecule has 13 heteroatoms. The largest absolute Gasteiger partial charge is 0.434 e. The molecule has 160 valence electrons. The third kappa shape index (κ3) is 7.40. The van der Waals surface area contributed by atoms with E-state index >= 15 is 0 Å². The molecule has 0 aliphatic heterocycles. The number of nitrogens with zero attached hydrogens (tertiary/aromatic N) is 3. The molecular weight excluding hydrogens is 422 g/mol. The Morgan fingerprint density at radius 3 is 2.38 bits per heavy atom. The summed E-state index contributed by atoms with van der Waals surface area (Å²) >= 11 is 0.897. The van der Waals surface area contributed by atoms with Crippen molar-refractivity contribution in [2.75, 3.05) is 25.5 Å². The molecule has 0 aliphatic rings. The van der Waals surface area contributed by atoms with E-state index in [1.54, 1.807) is 0 Å². The second kappa shape index (κ2) is 9.76. The minimum absolute atomic E-state index is 0.0914. The molecule has 2 rings (SSSR count). The van der Waals surface area contributed by atoms with Crippen molar-refractivity contribution in [1.29, 1.82) is 0 Å². The molecular formula is C16H18F6N6S. The number of hydrogen-bond acceptors (Lipinski definition) is 5. The van der Waals surface area contributed by atoms with Gasteiger partial charge in [0.1, 0.15) is 10.8 Å². The van der Waals surface area contributed by atoms with Gasteiger partial charge in [0.05, 0.1) is 12.1 Å². The molecule has 2 aromatic rings. The van der Waals surface area contributed by atoms with Crippen molar-refractivity contribution >= 4 is 23.1 Å². The fraction of sp³-hybridized carbons (Fsp3) is 0.438. The summed E-state index contributed by atoms with van der Waals surface area (Å²) in [6.07, 6.45) is -7.54. The molecule has 0 fully saturated rings. The molecule has 0 bridgehead atoms. The summed E-state index contributed by atoms with van der Waals surface area (Å²) in [4.78, 5) is 11.2. The Morgan fingerprint density at radius 1 is 1.07 bits per heavy atom. The van der Waals surface area contributed by atoms with Crippen LogP contribution in [0.15, 0.2) is 28.7 Å². The molecule has 0 unspecified atom stereocenters. The molecule has 3 N–H and O–H groups in total. The maximum absolute atomic E-state index is 12.5. The summed E-state index contributed by atoms with van der Waals surface area (Å²) < 4.78 is 75.0. The van der Waals surface area contributed by atoms with Crippen LogP contribution < -0.4 is 16.0 Å². The zero-order valence-corrected chi connectivity index (χ0v) is 16.0. The normalized spacial score (nSPS) is 12.7. The Kier molecular flexibility index (Phi) is 7.65. The fourth-order valence-electron chi connectivity index (χ4n) is 2.08. The average molecular weight is 440 g/mol. The van der Waals surface area contributed by atoms with Gasteiger partial charge in [0.2, 0.25) is 0 Å². The highest BCUT2D eigenvalue weighted by atomic mass is 32.1. The zero-order valence-electron chi connectivity index (χ0n) is 15.2. The van der Waals surface area contributed by atoms with Gasteiger partial charge in [0.15, 0.2) is 11.7 Å². The number of pyridine rings is 1. The molecule has 0 spiro atoms. The molecule has 0 aromatic carbocycles. The number of nitrogens with one attached hydrogen (secondary N) is 3. The van der Waals surface area contributed by atoms with E-state index in [2.05, 4.69) is 30.9 Å². The number of hydrogen-bond donors (Lipinski definition) is 3. The molecule has 29 heavy (non-hydrogen) atoms. The number of rotatable bonds is 7. The fourth-order valence-corrected chi connectivity index (χ4v) is 2.82. The molecule has 0 saturated carbocycles. The van der Waals surface area contributed by atoms with Crippen molar-refractivity contribution in [1.82, 2.24) is 20.6 Å². The highest BCUT2D eigenvalue weighted by Gasteiger charge is 2.33. The van der Waals surface area contributed by atoms with E-state index in [0.717, 1.165) is 29.0 Å². The Bertz CT molecular complexity index is 799. The predicted octanol–water partition coefficient (Wildman–Crippen LogP) is 3.74. The van der Waals surface area contributed by atoms with Crippen LogP contribution in [0.3, 0.4) is 0 Å². The average Bonchev–Trinajstić information content (AvgIpc) is 3.13. The van der Waals surface area contributed by atoms with Crippen molar-refractivity contribution in [3.8, 4) is 0 Å². The molecule has 0 aliphatic carbocycles.